The first-order valence-corrected chi connectivity index (χ1v) is 5.87. The lowest BCUT2D eigenvalue weighted by Gasteiger charge is -2.21. The van der Waals surface area contributed by atoms with Gasteiger partial charge in [-0.25, -0.2) is 0 Å². The molecule has 2 rings (SSSR count). The topological polar surface area (TPSA) is 33.3 Å². The van der Waals surface area contributed by atoms with Crippen molar-refractivity contribution in [2.24, 2.45) is 5.92 Å². The Bertz CT molecular complexity index is 169. The van der Waals surface area contributed by atoms with Crippen LogP contribution in [0.15, 0.2) is 0 Å². The molecule has 0 bridgehead atoms. The molecule has 0 radical (unpaired) electrons. The number of ether oxygens (including phenoxy) is 1. The highest BCUT2D eigenvalue weighted by molar-refractivity contribution is 4.85. The van der Waals surface area contributed by atoms with E-state index in [0.29, 0.717) is 12.1 Å². The Morgan fingerprint density at radius 1 is 1.36 bits per heavy atom. The van der Waals surface area contributed by atoms with Gasteiger partial charge in [0, 0.05) is 13.2 Å². The normalized spacial score (nSPS) is 37.9. The van der Waals surface area contributed by atoms with Gasteiger partial charge in [-0.2, -0.15) is 0 Å². The maximum atomic E-state index is 5.46. The minimum absolute atomic E-state index is 0.462. The first-order valence-electron chi connectivity index (χ1n) is 5.87. The summed E-state index contributed by atoms with van der Waals surface area (Å²) in [7, 11) is 1.84. The number of methoxy groups -OCH3 is 1. The minimum atomic E-state index is 0.462. The van der Waals surface area contributed by atoms with Crippen LogP contribution in [-0.4, -0.2) is 38.9 Å². The van der Waals surface area contributed by atoms with Gasteiger partial charge in [0.15, 0.2) is 0 Å². The van der Waals surface area contributed by atoms with Crippen LogP contribution in [0.2, 0.25) is 0 Å². The summed E-state index contributed by atoms with van der Waals surface area (Å²) in [6.07, 6.45) is 5.64. The van der Waals surface area contributed by atoms with Crippen LogP contribution >= 0.6 is 0 Å². The first kappa shape index (κ1) is 10.4. The standard InChI is InChI=1S/C11H22N2O/c1-14-11-4-2-3-10(11)13-8-9-5-6-12-7-9/h9-13H,2-8H2,1H3. The molecule has 1 saturated carbocycles. The minimum Gasteiger partial charge on any atom is -0.380 e. The number of hydrogen-bond acceptors (Lipinski definition) is 3. The van der Waals surface area contributed by atoms with Crippen LogP contribution in [-0.2, 0) is 4.74 Å². The summed E-state index contributed by atoms with van der Waals surface area (Å²) in [5.41, 5.74) is 0. The molecule has 82 valence electrons. The smallest absolute Gasteiger partial charge is 0.0724 e. The molecule has 2 N–H and O–H groups in total. The van der Waals surface area contributed by atoms with Gasteiger partial charge in [-0.3, -0.25) is 0 Å². The van der Waals surface area contributed by atoms with Crippen LogP contribution in [0.1, 0.15) is 25.7 Å². The van der Waals surface area contributed by atoms with Crippen molar-refractivity contribution < 1.29 is 4.74 Å². The molecule has 3 heteroatoms. The molecule has 2 aliphatic rings. The molecule has 1 aliphatic carbocycles. The number of rotatable bonds is 4. The van der Waals surface area contributed by atoms with Crippen molar-refractivity contribution in [1.82, 2.24) is 10.6 Å². The van der Waals surface area contributed by atoms with Crippen molar-refractivity contribution in [3.05, 3.63) is 0 Å². The molecule has 1 saturated heterocycles. The van der Waals surface area contributed by atoms with Crippen molar-refractivity contribution >= 4 is 0 Å². The summed E-state index contributed by atoms with van der Waals surface area (Å²) in [6, 6.07) is 0.612. The third-order valence-corrected chi connectivity index (χ3v) is 3.59. The highest BCUT2D eigenvalue weighted by Crippen LogP contribution is 2.21. The van der Waals surface area contributed by atoms with E-state index in [1.165, 1.54) is 38.8 Å². The quantitative estimate of drug-likeness (QED) is 0.699. The van der Waals surface area contributed by atoms with E-state index in [4.69, 9.17) is 4.74 Å². The van der Waals surface area contributed by atoms with Gasteiger partial charge in [0.2, 0.25) is 0 Å². The van der Waals surface area contributed by atoms with Crippen LogP contribution in [0, 0.1) is 5.92 Å². The van der Waals surface area contributed by atoms with Crippen molar-refractivity contribution in [1.29, 1.82) is 0 Å². The van der Waals surface area contributed by atoms with Gasteiger partial charge < -0.3 is 15.4 Å². The van der Waals surface area contributed by atoms with E-state index >= 15 is 0 Å². The van der Waals surface area contributed by atoms with Gasteiger partial charge in [-0.05, 0) is 51.2 Å². The van der Waals surface area contributed by atoms with E-state index in [1.54, 1.807) is 0 Å². The maximum Gasteiger partial charge on any atom is 0.0724 e. The van der Waals surface area contributed by atoms with Crippen LogP contribution in [0.5, 0.6) is 0 Å². The average Bonchev–Trinajstić information content (AvgIpc) is 2.85. The van der Waals surface area contributed by atoms with Crippen LogP contribution in [0.3, 0.4) is 0 Å². The van der Waals surface area contributed by atoms with Crippen molar-refractivity contribution in [3.8, 4) is 0 Å². The molecule has 14 heavy (non-hydrogen) atoms. The SMILES string of the molecule is COC1CCCC1NCC1CCNC1. The zero-order chi connectivity index (χ0) is 9.80. The lowest BCUT2D eigenvalue weighted by atomic mass is 10.1. The fourth-order valence-electron chi connectivity index (χ4n) is 2.65. The summed E-state index contributed by atoms with van der Waals surface area (Å²) in [5.74, 6) is 0.841. The number of nitrogens with one attached hydrogen (secondary N) is 2. The Morgan fingerprint density at radius 3 is 3.00 bits per heavy atom. The molecule has 0 aromatic rings. The third kappa shape index (κ3) is 2.47. The Morgan fingerprint density at radius 2 is 2.29 bits per heavy atom. The van der Waals surface area contributed by atoms with Gasteiger partial charge in [0.25, 0.3) is 0 Å². The molecule has 0 aromatic carbocycles. The molecule has 0 aromatic heterocycles. The highest BCUT2D eigenvalue weighted by Gasteiger charge is 2.27. The Hall–Kier alpha value is -0.120. The van der Waals surface area contributed by atoms with E-state index in [1.807, 2.05) is 7.11 Å². The zero-order valence-electron chi connectivity index (χ0n) is 9.09. The summed E-state index contributed by atoms with van der Waals surface area (Å²) in [6.45, 7) is 3.56. The second kappa shape index (κ2) is 5.10. The van der Waals surface area contributed by atoms with Gasteiger partial charge >= 0.3 is 0 Å². The monoisotopic (exact) mass is 198 g/mol. The average molecular weight is 198 g/mol. The van der Waals surface area contributed by atoms with Crippen molar-refractivity contribution in [3.63, 3.8) is 0 Å². The van der Waals surface area contributed by atoms with Gasteiger partial charge in [0.05, 0.1) is 6.10 Å². The second-order valence-corrected chi connectivity index (χ2v) is 4.58. The first-order chi connectivity index (χ1) is 6.90. The lowest BCUT2D eigenvalue weighted by Crippen LogP contribution is -2.39. The lowest BCUT2D eigenvalue weighted by molar-refractivity contribution is 0.0841. The van der Waals surface area contributed by atoms with Gasteiger partial charge in [0.1, 0.15) is 0 Å². The Balaban J connectivity index is 1.68. The molecule has 1 heterocycles. The van der Waals surface area contributed by atoms with Crippen molar-refractivity contribution in [2.75, 3.05) is 26.7 Å². The summed E-state index contributed by atoms with van der Waals surface area (Å²) >= 11 is 0. The van der Waals surface area contributed by atoms with Crippen LogP contribution < -0.4 is 10.6 Å². The Kier molecular flexibility index (Phi) is 3.79. The maximum absolute atomic E-state index is 5.46. The van der Waals surface area contributed by atoms with E-state index < -0.39 is 0 Å². The molecule has 3 unspecified atom stereocenters. The second-order valence-electron chi connectivity index (χ2n) is 4.58. The van der Waals surface area contributed by atoms with Crippen LogP contribution in [0.25, 0.3) is 0 Å². The zero-order valence-corrected chi connectivity index (χ0v) is 9.09. The van der Waals surface area contributed by atoms with Gasteiger partial charge in [-0.1, -0.05) is 0 Å². The summed E-state index contributed by atoms with van der Waals surface area (Å²) in [4.78, 5) is 0. The van der Waals surface area contributed by atoms with Gasteiger partial charge in [-0.15, -0.1) is 0 Å². The van der Waals surface area contributed by atoms with E-state index in [2.05, 4.69) is 10.6 Å². The molecule has 1 aliphatic heterocycles. The predicted octanol–water partition coefficient (Wildman–Crippen LogP) is 0.753. The third-order valence-electron chi connectivity index (χ3n) is 3.59. The largest absolute Gasteiger partial charge is 0.380 e. The fraction of sp³-hybridized carbons (Fsp3) is 1.00. The molecule has 3 nitrogen and oxygen atoms in total. The fourth-order valence-corrected chi connectivity index (χ4v) is 2.65. The van der Waals surface area contributed by atoms with E-state index in [9.17, 15) is 0 Å². The molecular formula is C11H22N2O. The summed E-state index contributed by atoms with van der Waals surface area (Å²) < 4.78 is 5.46. The Labute approximate surface area is 86.6 Å². The molecule has 3 atom stereocenters. The predicted molar refractivity (Wildman–Crippen MR) is 57.4 cm³/mol. The van der Waals surface area contributed by atoms with Crippen molar-refractivity contribution in [2.45, 2.75) is 37.8 Å². The number of hydrogen-bond donors (Lipinski definition) is 2. The molecule has 2 fully saturated rings. The molecule has 0 amide bonds. The summed E-state index contributed by atoms with van der Waals surface area (Å²) in [5, 5.41) is 7.06. The van der Waals surface area contributed by atoms with Crippen LogP contribution in [0.4, 0.5) is 0 Å². The van der Waals surface area contributed by atoms with E-state index in [0.717, 1.165) is 12.5 Å². The molecule has 0 spiro atoms. The molecular weight excluding hydrogens is 176 g/mol. The van der Waals surface area contributed by atoms with E-state index in [-0.39, 0.29) is 0 Å². The highest BCUT2D eigenvalue weighted by atomic mass is 16.5.